The van der Waals surface area contributed by atoms with E-state index in [1.54, 1.807) is 19.1 Å². The second-order valence-electron chi connectivity index (χ2n) is 4.24. The fourth-order valence-electron chi connectivity index (χ4n) is 1.98. The van der Waals surface area contributed by atoms with Crippen molar-refractivity contribution in [3.8, 4) is 0 Å². The van der Waals surface area contributed by atoms with Gasteiger partial charge in [0, 0.05) is 18.1 Å². The van der Waals surface area contributed by atoms with Gasteiger partial charge in [-0.25, -0.2) is 4.39 Å². The molecule has 0 N–H and O–H groups in total. The Kier molecular flexibility index (Phi) is 3.34. The van der Waals surface area contributed by atoms with E-state index in [1.807, 2.05) is 0 Å². The van der Waals surface area contributed by atoms with Gasteiger partial charge in [0.2, 0.25) is 0 Å². The van der Waals surface area contributed by atoms with Crippen molar-refractivity contribution in [3.63, 3.8) is 0 Å². The molecule has 3 heteroatoms. The largest absolute Gasteiger partial charge is 0.381 e. The van der Waals surface area contributed by atoms with E-state index in [4.69, 9.17) is 4.74 Å². The maximum Gasteiger partial charge on any atom is 0.168 e. The van der Waals surface area contributed by atoms with Crippen LogP contribution in [0.2, 0.25) is 0 Å². The zero-order valence-electron chi connectivity index (χ0n) is 9.33. The minimum absolute atomic E-state index is 0.0568. The summed E-state index contributed by atoms with van der Waals surface area (Å²) >= 11 is 0. The van der Waals surface area contributed by atoms with Crippen molar-refractivity contribution in [2.45, 2.75) is 19.8 Å². The number of carbonyl (C=O) groups excluding carboxylic acids is 1. The van der Waals surface area contributed by atoms with Crippen LogP contribution in [0, 0.1) is 18.7 Å². The highest BCUT2D eigenvalue weighted by molar-refractivity contribution is 5.98. The molecule has 2 nitrogen and oxygen atoms in total. The summed E-state index contributed by atoms with van der Waals surface area (Å²) in [6, 6.07) is 4.53. The van der Waals surface area contributed by atoms with Gasteiger partial charge < -0.3 is 4.74 Å². The number of aryl methyl sites for hydroxylation is 1. The van der Waals surface area contributed by atoms with E-state index < -0.39 is 0 Å². The van der Waals surface area contributed by atoms with E-state index in [0.29, 0.717) is 17.7 Å². The summed E-state index contributed by atoms with van der Waals surface area (Å²) in [5.74, 6) is -0.252. The molecule has 86 valence electrons. The summed E-state index contributed by atoms with van der Waals surface area (Å²) in [6.45, 7) is 2.91. The standard InChI is InChI=1S/C13H15FO2/c1-9-7-10(4-5-12(9)14)13(15)11-3-2-6-16-8-11/h4-5,7,11H,2-3,6,8H2,1H3. The van der Waals surface area contributed by atoms with E-state index in [9.17, 15) is 9.18 Å². The summed E-state index contributed by atoms with van der Waals surface area (Å²) < 4.78 is 18.4. The molecule has 2 rings (SSSR count). The van der Waals surface area contributed by atoms with Gasteiger partial charge in [0.05, 0.1) is 6.61 Å². The first kappa shape index (κ1) is 11.3. The number of halogens is 1. The van der Waals surface area contributed by atoms with Crippen LogP contribution in [0.3, 0.4) is 0 Å². The lowest BCUT2D eigenvalue weighted by Crippen LogP contribution is -2.25. The summed E-state index contributed by atoms with van der Waals surface area (Å²) in [5, 5.41) is 0. The smallest absolute Gasteiger partial charge is 0.168 e. The topological polar surface area (TPSA) is 26.3 Å². The third kappa shape index (κ3) is 2.30. The first-order valence-electron chi connectivity index (χ1n) is 5.56. The Hall–Kier alpha value is -1.22. The van der Waals surface area contributed by atoms with Crippen molar-refractivity contribution < 1.29 is 13.9 Å². The molecule has 1 aliphatic rings. The Morgan fingerprint density at radius 2 is 2.31 bits per heavy atom. The second-order valence-corrected chi connectivity index (χ2v) is 4.24. The summed E-state index contributed by atoms with van der Waals surface area (Å²) in [6.07, 6.45) is 1.80. The van der Waals surface area contributed by atoms with E-state index >= 15 is 0 Å². The van der Waals surface area contributed by atoms with Crippen LogP contribution in [0.15, 0.2) is 18.2 Å². The average Bonchev–Trinajstić information content (AvgIpc) is 2.33. The average molecular weight is 222 g/mol. The zero-order valence-corrected chi connectivity index (χ0v) is 9.33. The van der Waals surface area contributed by atoms with E-state index in [0.717, 1.165) is 19.4 Å². The molecule has 1 aromatic rings. The fraction of sp³-hybridized carbons (Fsp3) is 0.462. The molecule has 0 aromatic heterocycles. The Balaban J connectivity index is 2.16. The van der Waals surface area contributed by atoms with Gasteiger partial charge in [-0.05, 0) is 43.5 Å². The van der Waals surface area contributed by atoms with Crippen molar-refractivity contribution in [2.75, 3.05) is 13.2 Å². The molecule has 0 saturated carbocycles. The Morgan fingerprint density at radius 1 is 1.50 bits per heavy atom. The van der Waals surface area contributed by atoms with Crippen LogP contribution in [-0.4, -0.2) is 19.0 Å². The number of benzene rings is 1. The highest BCUT2D eigenvalue weighted by Gasteiger charge is 2.23. The van der Waals surface area contributed by atoms with Gasteiger partial charge in [-0.15, -0.1) is 0 Å². The fourth-order valence-corrected chi connectivity index (χ4v) is 1.98. The zero-order chi connectivity index (χ0) is 11.5. The van der Waals surface area contributed by atoms with Gasteiger partial charge in [0.15, 0.2) is 5.78 Å². The first-order chi connectivity index (χ1) is 7.68. The maximum atomic E-state index is 13.1. The predicted molar refractivity (Wildman–Crippen MR) is 59.0 cm³/mol. The molecule has 1 aromatic carbocycles. The molecule has 16 heavy (non-hydrogen) atoms. The number of carbonyl (C=O) groups is 1. The molecule has 1 unspecified atom stereocenters. The molecular formula is C13H15FO2. The molecule has 1 fully saturated rings. The highest BCUT2D eigenvalue weighted by Crippen LogP contribution is 2.20. The van der Waals surface area contributed by atoms with Crippen LogP contribution in [0.25, 0.3) is 0 Å². The van der Waals surface area contributed by atoms with E-state index in [-0.39, 0.29) is 17.5 Å². The first-order valence-corrected chi connectivity index (χ1v) is 5.56. The van der Waals surface area contributed by atoms with E-state index in [1.165, 1.54) is 6.07 Å². The molecular weight excluding hydrogens is 207 g/mol. The van der Waals surface area contributed by atoms with Crippen molar-refractivity contribution >= 4 is 5.78 Å². The lowest BCUT2D eigenvalue weighted by Gasteiger charge is -2.20. The van der Waals surface area contributed by atoms with Crippen LogP contribution in [-0.2, 0) is 4.74 Å². The molecule has 1 aliphatic heterocycles. The number of rotatable bonds is 2. The van der Waals surface area contributed by atoms with Gasteiger partial charge in [0.25, 0.3) is 0 Å². The quantitative estimate of drug-likeness (QED) is 0.719. The van der Waals surface area contributed by atoms with Crippen LogP contribution in [0.4, 0.5) is 4.39 Å². The van der Waals surface area contributed by atoms with Gasteiger partial charge in [-0.2, -0.15) is 0 Å². The summed E-state index contributed by atoms with van der Waals surface area (Å²) in [7, 11) is 0. The van der Waals surface area contributed by atoms with Crippen LogP contribution < -0.4 is 0 Å². The lowest BCUT2D eigenvalue weighted by atomic mass is 9.92. The molecule has 0 amide bonds. The van der Waals surface area contributed by atoms with Crippen LogP contribution >= 0.6 is 0 Å². The van der Waals surface area contributed by atoms with Crippen molar-refractivity contribution in [2.24, 2.45) is 5.92 Å². The molecule has 0 bridgehead atoms. The van der Waals surface area contributed by atoms with Gasteiger partial charge in [-0.3, -0.25) is 4.79 Å². The second kappa shape index (κ2) is 4.74. The molecule has 0 spiro atoms. The number of ether oxygens (including phenoxy) is 1. The molecule has 0 radical (unpaired) electrons. The number of hydrogen-bond acceptors (Lipinski definition) is 2. The molecule has 1 saturated heterocycles. The number of hydrogen-bond donors (Lipinski definition) is 0. The predicted octanol–water partition coefficient (Wildman–Crippen LogP) is 2.74. The minimum Gasteiger partial charge on any atom is -0.381 e. The van der Waals surface area contributed by atoms with Crippen molar-refractivity contribution in [1.82, 2.24) is 0 Å². The van der Waals surface area contributed by atoms with Crippen molar-refractivity contribution in [1.29, 1.82) is 0 Å². The number of ketones is 1. The lowest BCUT2D eigenvalue weighted by molar-refractivity contribution is 0.0461. The van der Waals surface area contributed by atoms with Gasteiger partial charge >= 0.3 is 0 Å². The normalized spacial score (nSPS) is 20.8. The minimum atomic E-state index is -0.267. The number of Topliss-reactive ketones (excluding diaryl/α,β-unsaturated/α-hetero) is 1. The van der Waals surface area contributed by atoms with Crippen LogP contribution in [0.5, 0.6) is 0 Å². The maximum absolute atomic E-state index is 13.1. The summed E-state index contributed by atoms with van der Waals surface area (Å²) in [4.78, 5) is 12.1. The third-order valence-corrected chi connectivity index (χ3v) is 2.97. The SMILES string of the molecule is Cc1cc(C(=O)C2CCCOC2)ccc1F. The Bertz CT molecular complexity index is 395. The molecule has 1 atom stereocenters. The Labute approximate surface area is 94.4 Å². The van der Waals surface area contributed by atoms with Gasteiger partial charge in [-0.1, -0.05) is 0 Å². The van der Waals surface area contributed by atoms with E-state index in [2.05, 4.69) is 0 Å². The monoisotopic (exact) mass is 222 g/mol. The third-order valence-electron chi connectivity index (χ3n) is 2.97. The highest BCUT2D eigenvalue weighted by atomic mass is 19.1. The molecule has 0 aliphatic carbocycles. The van der Waals surface area contributed by atoms with Crippen molar-refractivity contribution in [3.05, 3.63) is 35.1 Å². The van der Waals surface area contributed by atoms with Crippen LogP contribution in [0.1, 0.15) is 28.8 Å². The van der Waals surface area contributed by atoms with Gasteiger partial charge in [0.1, 0.15) is 5.82 Å². The summed E-state index contributed by atoms with van der Waals surface area (Å²) in [5.41, 5.74) is 1.11. The molecule has 1 heterocycles. The Morgan fingerprint density at radius 3 is 2.94 bits per heavy atom.